The van der Waals surface area contributed by atoms with Crippen LogP contribution in [0, 0.1) is 6.92 Å². The molecule has 82 valence electrons. The molecule has 0 aliphatic carbocycles. The first-order valence-corrected chi connectivity index (χ1v) is 7.19. The van der Waals surface area contributed by atoms with E-state index in [0.717, 1.165) is 23.8 Å². The second-order valence-corrected chi connectivity index (χ2v) is 6.07. The lowest BCUT2D eigenvalue weighted by atomic mass is 10.1. The van der Waals surface area contributed by atoms with E-state index in [1.54, 1.807) is 0 Å². The number of unbranched alkanes of at least 4 members (excludes halogenated alkanes) is 1. The predicted octanol–water partition coefficient (Wildman–Crippen LogP) is 4.80. The average molecular weight is 259 g/mol. The Hall–Kier alpha value is 0.0300. The summed E-state index contributed by atoms with van der Waals surface area (Å²) in [5.74, 6) is 0. The van der Waals surface area contributed by atoms with Crippen molar-refractivity contribution in [3.8, 4) is 0 Å². The van der Waals surface area contributed by atoms with Crippen molar-refractivity contribution in [2.75, 3.05) is 6.16 Å². The maximum Gasteiger partial charge on any atom is 0.0495 e. The van der Waals surface area contributed by atoms with E-state index < -0.39 is 0 Å². The third-order valence-electron chi connectivity index (χ3n) is 2.26. The molecular weight excluding hydrogens is 243 g/mol. The summed E-state index contributed by atoms with van der Waals surface area (Å²) in [4.78, 5) is 0. The minimum atomic E-state index is 0.730. The van der Waals surface area contributed by atoms with Gasteiger partial charge in [-0.05, 0) is 31.1 Å². The highest BCUT2D eigenvalue weighted by Crippen LogP contribution is 2.29. The number of benzene rings is 1. The average Bonchev–Trinajstić information content (AvgIpc) is 2.18. The van der Waals surface area contributed by atoms with E-state index in [9.17, 15) is 0 Å². The second kappa shape index (κ2) is 6.58. The fraction of sp³-hybridized carbons (Fsp3) is 0.417. The van der Waals surface area contributed by atoms with E-state index >= 15 is 0 Å². The monoisotopic (exact) mass is 258 g/mol. The molecule has 0 bridgehead atoms. The van der Waals surface area contributed by atoms with Crippen molar-refractivity contribution in [2.45, 2.75) is 26.7 Å². The summed E-state index contributed by atoms with van der Waals surface area (Å²) in [5.41, 5.74) is 2.28. The van der Waals surface area contributed by atoms with Gasteiger partial charge in [0.15, 0.2) is 0 Å². The van der Waals surface area contributed by atoms with Crippen LogP contribution in [0.25, 0.3) is 0 Å². The first-order chi connectivity index (χ1) is 7.16. The van der Waals surface area contributed by atoms with Crippen LogP contribution in [0.5, 0.6) is 0 Å². The van der Waals surface area contributed by atoms with Gasteiger partial charge in [-0.2, -0.15) is 0 Å². The van der Waals surface area contributed by atoms with Gasteiger partial charge in [-0.25, -0.2) is 0 Å². The van der Waals surface area contributed by atoms with Crippen molar-refractivity contribution in [3.63, 3.8) is 0 Å². The standard InChI is InChI=1S/C12H16ClPS/c1-3-4-8-14-12(15)11-9(2)6-5-7-10(11)13/h5-7,14H,3-4,8H2,1-2H3. The minimum absolute atomic E-state index is 0.730. The van der Waals surface area contributed by atoms with Gasteiger partial charge >= 0.3 is 0 Å². The Kier molecular flexibility index (Phi) is 5.74. The highest BCUT2D eigenvalue weighted by atomic mass is 35.5. The summed E-state index contributed by atoms with van der Waals surface area (Å²) in [6.45, 7) is 4.27. The molecule has 0 aliphatic rings. The zero-order valence-corrected chi connectivity index (χ0v) is 11.7. The van der Waals surface area contributed by atoms with Crippen LogP contribution in [-0.4, -0.2) is 10.8 Å². The van der Waals surface area contributed by atoms with Gasteiger partial charge in [-0.3, -0.25) is 0 Å². The van der Waals surface area contributed by atoms with Crippen LogP contribution in [0.2, 0.25) is 5.02 Å². The fourth-order valence-corrected chi connectivity index (χ4v) is 3.68. The molecule has 0 fully saturated rings. The third-order valence-corrected chi connectivity index (χ3v) is 4.39. The van der Waals surface area contributed by atoms with Gasteiger partial charge in [0.05, 0.1) is 0 Å². The molecule has 0 aromatic heterocycles. The van der Waals surface area contributed by atoms with Crippen LogP contribution >= 0.6 is 32.4 Å². The molecule has 0 spiro atoms. The van der Waals surface area contributed by atoms with Crippen LogP contribution in [0.15, 0.2) is 18.2 Å². The van der Waals surface area contributed by atoms with E-state index in [1.165, 1.54) is 24.6 Å². The Morgan fingerprint density at radius 3 is 2.80 bits per heavy atom. The number of thiocarbonyl (C=S) groups is 1. The maximum absolute atomic E-state index is 6.15. The van der Waals surface area contributed by atoms with Crippen LogP contribution in [0.4, 0.5) is 0 Å². The van der Waals surface area contributed by atoms with Gasteiger partial charge < -0.3 is 0 Å². The third kappa shape index (κ3) is 3.83. The van der Waals surface area contributed by atoms with Crippen molar-refractivity contribution in [3.05, 3.63) is 34.3 Å². The van der Waals surface area contributed by atoms with Crippen LogP contribution in [0.1, 0.15) is 30.9 Å². The van der Waals surface area contributed by atoms with Gasteiger partial charge in [0.2, 0.25) is 0 Å². The summed E-state index contributed by atoms with van der Waals surface area (Å²) in [5, 5.41) is 0.795. The number of aryl methyl sites for hydroxylation is 1. The van der Waals surface area contributed by atoms with Crippen molar-refractivity contribution >= 4 is 37.0 Å². The smallest absolute Gasteiger partial charge is 0.0495 e. The summed E-state index contributed by atoms with van der Waals surface area (Å²) >= 11 is 11.6. The van der Waals surface area contributed by atoms with Crippen LogP contribution < -0.4 is 0 Å². The molecule has 0 N–H and O–H groups in total. The summed E-state index contributed by atoms with van der Waals surface area (Å²) < 4.78 is 1.03. The molecule has 1 rings (SSSR count). The number of hydrogen-bond acceptors (Lipinski definition) is 1. The SMILES string of the molecule is CCCCPC(=S)c1c(C)cccc1Cl. The molecule has 0 heterocycles. The fourth-order valence-electron chi connectivity index (χ4n) is 1.39. The highest BCUT2D eigenvalue weighted by Gasteiger charge is 2.08. The summed E-state index contributed by atoms with van der Waals surface area (Å²) in [7, 11) is 0.730. The molecule has 0 aliphatic heterocycles. The largest absolute Gasteiger partial charge is 0.0836 e. The van der Waals surface area contributed by atoms with E-state index in [0.29, 0.717) is 0 Å². The lowest BCUT2D eigenvalue weighted by Gasteiger charge is -2.09. The molecule has 0 saturated carbocycles. The lowest BCUT2D eigenvalue weighted by molar-refractivity contribution is 0.896. The molecule has 1 atom stereocenters. The first kappa shape index (κ1) is 13.1. The molecule has 15 heavy (non-hydrogen) atoms. The molecule has 0 saturated heterocycles. The van der Waals surface area contributed by atoms with Crippen LogP contribution in [0.3, 0.4) is 0 Å². The Balaban J connectivity index is 2.73. The molecule has 1 aromatic carbocycles. The summed E-state index contributed by atoms with van der Waals surface area (Å²) in [6.07, 6.45) is 3.68. The van der Waals surface area contributed by atoms with Crippen molar-refractivity contribution in [1.29, 1.82) is 0 Å². The van der Waals surface area contributed by atoms with Gasteiger partial charge in [0.1, 0.15) is 0 Å². The van der Waals surface area contributed by atoms with E-state index in [4.69, 9.17) is 23.8 Å². The van der Waals surface area contributed by atoms with E-state index in [1.807, 2.05) is 12.1 Å². The van der Waals surface area contributed by atoms with Crippen LogP contribution in [-0.2, 0) is 0 Å². The number of rotatable bonds is 5. The molecule has 0 amide bonds. The Morgan fingerprint density at radius 2 is 2.20 bits per heavy atom. The Morgan fingerprint density at radius 1 is 1.47 bits per heavy atom. The molecule has 0 nitrogen and oxygen atoms in total. The second-order valence-electron chi connectivity index (χ2n) is 3.54. The first-order valence-electron chi connectivity index (χ1n) is 5.20. The Bertz CT molecular complexity index is 329. The number of halogens is 1. The lowest BCUT2D eigenvalue weighted by Crippen LogP contribution is -1.96. The zero-order chi connectivity index (χ0) is 11.3. The van der Waals surface area contributed by atoms with Gasteiger partial charge in [-0.1, -0.05) is 57.9 Å². The molecule has 1 aromatic rings. The van der Waals surface area contributed by atoms with Gasteiger partial charge in [0, 0.05) is 15.2 Å². The van der Waals surface area contributed by atoms with E-state index in [-0.39, 0.29) is 0 Å². The molecule has 1 unspecified atom stereocenters. The van der Waals surface area contributed by atoms with Crippen molar-refractivity contribution in [2.24, 2.45) is 0 Å². The minimum Gasteiger partial charge on any atom is -0.0836 e. The Labute approximate surface area is 104 Å². The zero-order valence-electron chi connectivity index (χ0n) is 9.14. The topological polar surface area (TPSA) is 0 Å². The number of hydrogen-bond donors (Lipinski definition) is 0. The quantitative estimate of drug-likeness (QED) is 0.415. The normalized spacial score (nSPS) is 11.1. The van der Waals surface area contributed by atoms with Crippen molar-refractivity contribution in [1.82, 2.24) is 0 Å². The molecule has 0 radical (unpaired) electrons. The van der Waals surface area contributed by atoms with Crippen molar-refractivity contribution < 1.29 is 0 Å². The van der Waals surface area contributed by atoms with Gasteiger partial charge in [0.25, 0.3) is 0 Å². The molecule has 3 heteroatoms. The van der Waals surface area contributed by atoms with Gasteiger partial charge in [-0.15, -0.1) is 0 Å². The predicted molar refractivity (Wildman–Crippen MR) is 76.0 cm³/mol. The highest BCUT2D eigenvalue weighted by molar-refractivity contribution is 7.94. The molecular formula is C12H16ClPS. The summed E-state index contributed by atoms with van der Waals surface area (Å²) in [6, 6.07) is 5.96. The maximum atomic E-state index is 6.15. The van der Waals surface area contributed by atoms with E-state index in [2.05, 4.69) is 19.9 Å².